The highest BCUT2D eigenvalue weighted by atomic mass is 127. The van der Waals surface area contributed by atoms with Gasteiger partial charge in [-0.3, -0.25) is 4.79 Å². The lowest BCUT2D eigenvalue weighted by Gasteiger charge is -2.10. The second-order valence-corrected chi connectivity index (χ2v) is 5.78. The molecule has 0 aliphatic rings. The van der Waals surface area contributed by atoms with Crippen molar-refractivity contribution in [2.75, 3.05) is 0 Å². The Hall–Kier alpha value is -1.36. The van der Waals surface area contributed by atoms with Crippen molar-refractivity contribution in [2.24, 2.45) is 0 Å². The summed E-state index contributed by atoms with van der Waals surface area (Å²) in [6.45, 7) is 3.93. The Morgan fingerprint density at radius 3 is 2.37 bits per heavy atom. The highest BCUT2D eigenvalue weighted by molar-refractivity contribution is 14.1. The Morgan fingerprint density at radius 2 is 1.74 bits per heavy atom. The topological polar surface area (TPSA) is 26.3 Å². The largest absolute Gasteiger partial charge is 0.491 e. The normalized spacial score (nSPS) is 10.5. The number of ketones is 1. The first-order valence-electron chi connectivity index (χ1n) is 6.13. The van der Waals surface area contributed by atoms with Crippen LogP contribution in [0, 0.1) is 3.57 Å². The minimum atomic E-state index is 0.0191. The number of hydrogen-bond donors (Lipinski definition) is 0. The van der Waals surface area contributed by atoms with Crippen LogP contribution in [0.4, 0.5) is 0 Å². The summed E-state index contributed by atoms with van der Waals surface area (Å²) in [6.07, 6.45) is 0.101. The van der Waals surface area contributed by atoms with Crippen LogP contribution >= 0.6 is 22.6 Å². The van der Waals surface area contributed by atoms with Gasteiger partial charge in [-0.2, -0.15) is 0 Å². The number of hydrogen-bond acceptors (Lipinski definition) is 2. The predicted molar refractivity (Wildman–Crippen MR) is 84.8 cm³/mol. The molecule has 19 heavy (non-hydrogen) atoms. The highest BCUT2D eigenvalue weighted by Crippen LogP contribution is 2.18. The van der Waals surface area contributed by atoms with E-state index >= 15 is 0 Å². The quantitative estimate of drug-likeness (QED) is 0.596. The summed E-state index contributed by atoms with van der Waals surface area (Å²) < 4.78 is 6.72. The molecule has 2 nitrogen and oxygen atoms in total. The monoisotopic (exact) mass is 366 g/mol. The average Bonchev–Trinajstić information content (AvgIpc) is 2.38. The third kappa shape index (κ3) is 3.80. The zero-order valence-electron chi connectivity index (χ0n) is 10.9. The fourth-order valence-electron chi connectivity index (χ4n) is 1.75. The first kappa shape index (κ1) is 14.1. The van der Waals surface area contributed by atoms with Crippen LogP contribution in [-0.4, -0.2) is 11.9 Å². The number of halogens is 1. The van der Waals surface area contributed by atoms with Crippen LogP contribution in [0.5, 0.6) is 5.75 Å². The van der Waals surface area contributed by atoms with E-state index in [-0.39, 0.29) is 11.9 Å². The first-order chi connectivity index (χ1) is 9.06. The van der Waals surface area contributed by atoms with E-state index in [1.165, 1.54) is 0 Å². The molecular formula is C16H15IO2. The molecule has 0 bridgehead atoms. The van der Waals surface area contributed by atoms with Gasteiger partial charge in [-0.05, 0) is 72.8 Å². The van der Waals surface area contributed by atoms with Gasteiger partial charge in [0.1, 0.15) is 5.75 Å². The van der Waals surface area contributed by atoms with Crippen molar-refractivity contribution in [2.45, 2.75) is 20.0 Å². The molecule has 2 rings (SSSR count). The molecule has 0 spiro atoms. The molecule has 0 N–H and O–H groups in total. The zero-order valence-corrected chi connectivity index (χ0v) is 13.0. The summed E-state index contributed by atoms with van der Waals surface area (Å²) >= 11 is 2.22. The van der Waals surface area contributed by atoms with Gasteiger partial charge in [0.05, 0.1) is 6.10 Å². The number of rotatable bonds is 4. The van der Waals surface area contributed by atoms with Gasteiger partial charge in [0.25, 0.3) is 0 Å². The standard InChI is InChI=1S/C16H15IO2/c1-11(2)19-15-5-3-4-13(10-15)16(18)12-6-8-14(17)9-7-12/h3-11H,1-2H3. The summed E-state index contributed by atoms with van der Waals surface area (Å²) in [5, 5.41) is 0. The number of carbonyl (C=O) groups is 1. The molecule has 2 aromatic carbocycles. The highest BCUT2D eigenvalue weighted by Gasteiger charge is 2.10. The van der Waals surface area contributed by atoms with E-state index in [0.717, 1.165) is 9.32 Å². The smallest absolute Gasteiger partial charge is 0.193 e. The van der Waals surface area contributed by atoms with Crippen molar-refractivity contribution in [3.63, 3.8) is 0 Å². The first-order valence-corrected chi connectivity index (χ1v) is 7.21. The summed E-state index contributed by atoms with van der Waals surface area (Å²) in [5.41, 5.74) is 1.35. The van der Waals surface area contributed by atoms with Gasteiger partial charge in [0.2, 0.25) is 0 Å². The molecule has 0 atom stereocenters. The van der Waals surface area contributed by atoms with Crippen molar-refractivity contribution >= 4 is 28.4 Å². The van der Waals surface area contributed by atoms with Crippen molar-refractivity contribution in [1.29, 1.82) is 0 Å². The van der Waals surface area contributed by atoms with Crippen LogP contribution in [0.2, 0.25) is 0 Å². The van der Waals surface area contributed by atoms with Crippen molar-refractivity contribution in [1.82, 2.24) is 0 Å². The van der Waals surface area contributed by atoms with E-state index in [9.17, 15) is 4.79 Å². The van der Waals surface area contributed by atoms with E-state index in [2.05, 4.69) is 22.6 Å². The van der Waals surface area contributed by atoms with Crippen LogP contribution in [-0.2, 0) is 0 Å². The number of carbonyl (C=O) groups excluding carboxylic acids is 1. The van der Waals surface area contributed by atoms with Crippen molar-refractivity contribution < 1.29 is 9.53 Å². The molecular weight excluding hydrogens is 351 g/mol. The Bertz CT molecular complexity index is 574. The molecule has 0 aliphatic carbocycles. The molecule has 0 unspecified atom stereocenters. The molecule has 3 heteroatoms. The third-order valence-electron chi connectivity index (χ3n) is 2.57. The SMILES string of the molecule is CC(C)Oc1cccc(C(=O)c2ccc(I)cc2)c1. The second-order valence-electron chi connectivity index (χ2n) is 4.53. The maximum Gasteiger partial charge on any atom is 0.193 e. The predicted octanol–water partition coefficient (Wildman–Crippen LogP) is 4.31. The van der Waals surface area contributed by atoms with Crippen LogP contribution < -0.4 is 4.74 Å². The Morgan fingerprint density at radius 1 is 1.05 bits per heavy atom. The molecule has 0 aromatic heterocycles. The Kier molecular flexibility index (Phi) is 4.58. The fourth-order valence-corrected chi connectivity index (χ4v) is 2.11. The molecule has 0 saturated carbocycles. The van der Waals surface area contributed by atoms with Gasteiger partial charge < -0.3 is 4.74 Å². The van der Waals surface area contributed by atoms with Gasteiger partial charge in [0.15, 0.2) is 5.78 Å². The van der Waals surface area contributed by atoms with Crippen LogP contribution in [0.15, 0.2) is 48.5 Å². The zero-order chi connectivity index (χ0) is 13.8. The molecule has 0 amide bonds. The van der Waals surface area contributed by atoms with E-state index < -0.39 is 0 Å². The lowest BCUT2D eigenvalue weighted by molar-refractivity contribution is 0.103. The van der Waals surface area contributed by atoms with E-state index in [1.54, 1.807) is 6.07 Å². The van der Waals surface area contributed by atoms with E-state index in [4.69, 9.17) is 4.74 Å². The van der Waals surface area contributed by atoms with Crippen LogP contribution in [0.3, 0.4) is 0 Å². The van der Waals surface area contributed by atoms with Gasteiger partial charge >= 0.3 is 0 Å². The Labute approximate surface area is 126 Å². The molecule has 2 aromatic rings. The molecule has 0 heterocycles. The fraction of sp³-hybridized carbons (Fsp3) is 0.188. The van der Waals surface area contributed by atoms with Gasteiger partial charge in [0, 0.05) is 14.7 Å². The summed E-state index contributed by atoms with van der Waals surface area (Å²) in [6, 6.07) is 14.9. The summed E-state index contributed by atoms with van der Waals surface area (Å²) in [7, 11) is 0. The summed E-state index contributed by atoms with van der Waals surface area (Å²) in [4.78, 5) is 12.3. The van der Waals surface area contributed by atoms with Gasteiger partial charge in [-0.15, -0.1) is 0 Å². The van der Waals surface area contributed by atoms with Gasteiger partial charge in [-0.25, -0.2) is 0 Å². The molecule has 0 fully saturated rings. The maximum atomic E-state index is 12.3. The van der Waals surface area contributed by atoms with Crippen molar-refractivity contribution in [3.05, 3.63) is 63.2 Å². The van der Waals surface area contributed by atoms with Crippen molar-refractivity contribution in [3.8, 4) is 5.75 Å². The van der Waals surface area contributed by atoms with E-state index in [1.807, 2.05) is 56.3 Å². The molecule has 98 valence electrons. The summed E-state index contributed by atoms with van der Waals surface area (Å²) in [5.74, 6) is 0.747. The molecule has 0 aliphatic heterocycles. The maximum absolute atomic E-state index is 12.3. The lowest BCUT2D eigenvalue weighted by atomic mass is 10.0. The molecule has 0 radical (unpaired) electrons. The van der Waals surface area contributed by atoms with E-state index in [0.29, 0.717) is 11.1 Å². The van der Waals surface area contributed by atoms with Gasteiger partial charge in [-0.1, -0.05) is 12.1 Å². The third-order valence-corrected chi connectivity index (χ3v) is 3.29. The number of ether oxygens (including phenoxy) is 1. The Balaban J connectivity index is 2.26. The minimum Gasteiger partial charge on any atom is -0.491 e. The lowest BCUT2D eigenvalue weighted by Crippen LogP contribution is -2.07. The minimum absolute atomic E-state index is 0.0191. The van der Waals surface area contributed by atoms with Crippen LogP contribution in [0.1, 0.15) is 29.8 Å². The molecule has 0 saturated heterocycles. The number of benzene rings is 2. The average molecular weight is 366 g/mol. The second kappa shape index (κ2) is 6.19. The van der Waals surface area contributed by atoms with Crippen LogP contribution in [0.25, 0.3) is 0 Å².